The molecule has 0 aliphatic heterocycles. The van der Waals surface area contributed by atoms with Crippen LogP contribution < -0.4 is 9.47 Å². The number of pyridine rings is 1. The first kappa shape index (κ1) is 18.8. The average molecular weight is 381 g/mol. The molecule has 0 aliphatic rings. The standard InChI is InChI=1S/C26H23NO2/c1-18-9-11-20(12-10-18)24-16-22(15-23(27-24)19-7-5-4-6-8-19)21-13-14-25(28-2)26(17-21)29-3/h4-17H,1-3H3. The summed E-state index contributed by atoms with van der Waals surface area (Å²) in [7, 11) is 3.30. The molecule has 1 heterocycles. The molecule has 0 spiro atoms. The van der Waals surface area contributed by atoms with Crippen molar-refractivity contribution in [1.82, 2.24) is 4.98 Å². The molecule has 3 aromatic carbocycles. The first-order valence-corrected chi connectivity index (χ1v) is 9.55. The second-order valence-corrected chi connectivity index (χ2v) is 6.93. The molecule has 1 aromatic heterocycles. The van der Waals surface area contributed by atoms with Crippen LogP contribution in [0.1, 0.15) is 5.56 Å². The molecule has 144 valence electrons. The number of methoxy groups -OCH3 is 2. The Labute approximate surface area is 171 Å². The average Bonchev–Trinajstić information content (AvgIpc) is 2.79. The Morgan fingerprint density at radius 1 is 0.552 bits per heavy atom. The highest BCUT2D eigenvalue weighted by Crippen LogP contribution is 2.35. The molecule has 0 fully saturated rings. The molecular formula is C26H23NO2. The molecule has 3 nitrogen and oxygen atoms in total. The molecule has 0 amide bonds. The molecule has 0 radical (unpaired) electrons. The van der Waals surface area contributed by atoms with Crippen LogP contribution in [0.5, 0.6) is 11.5 Å². The van der Waals surface area contributed by atoms with Gasteiger partial charge in [-0.2, -0.15) is 0 Å². The predicted molar refractivity (Wildman–Crippen MR) is 118 cm³/mol. The van der Waals surface area contributed by atoms with Crippen molar-refractivity contribution in [2.75, 3.05) is 14.2 Å². The Hall–Kier alpha value is -3.59. The van der Waals surface area contributed by atoms with Crippen LogP contribution in [0.25, 0.3) is 33.6 Å². The van der Waals surface area contributed by atoms with Crippen LogP contribution in [0.2, 0.25) is 0 Å². The van der Waals surface area contributed by atoms with Gasteiger partial charge in [-0.1, -0.05) is 66.2 Å². The van der Waals surface area contributed by atoms with Crippen LogP contribution in [0.3, 0.4) is 0 Å². The maximum atomic E-state index is 5.50. The third-order valence-electron chi connectivity index (χ3n) is 4.96. The van der Waals surface area contributed by atoms with Crippen molar-refractivity contribution in [2.24, 2.45) is 0 Å². The molecule has 3 heteroatoms. The normalized spacial score (nSPS) is 10.6. The monoisotopic (exact) mass is 381 g/mol. The van der Waals surface area contributed by atoms with Crippen molar-refractivity contribution < 1.29 is 9.47 Å². The fourth-order valence-electron chi connectivity index (χ4n) is 3.34. The summed E-state index contributed by atoms with van der Waals surface area (Å²) in [6, 6.07) is 28.9. The smallest absolute Gasteiger partial charge is 0.161 e. The van der Waals surface area contributed by atoms with Gasteiger partial charge in [-0.15, -0.1) is 0 Å². The van der Waals surface area contributed by atoms with Gasteiger partial charge in [0.05, 0.1) is 25.6 Å². The van der Waals surface area contributed by atoms with Crippen molar-refractivity contribution in [3.8, 4) is 45.1 Å². The highest BCUT2D eigenvalue weighted by Gasteiger charge is 2.11. The zero-order chi connectivity index (χ0) is 20.2. The van der Waals surface area contributed by atoms with Crippen molar-refractivity contribution in [3.05, 3.63) is 90.5 Å². The van der Waals surface area contributed by atoms with Crippen molar-refractivity contribution in [3.63, 3.8) is 0 Å². The number of hydrogen-bond donors (Lipinski definition) is 0. The number of hydrogen-bond acceptors (Lipinski definition) is 3. The maximum absolute atomic E-state index is 5.50. The van der Waals surface area contributed by atoms with Crippen LogP contribution in [0.15, 0.2) is 84.9 Å². The highest BCUT2D eigenvalue weighted by molar-refractivity contribution is 5.77. The Kier molecular flexibility index (Phi) is 5.30. The number of benzene rings is 3. The zero-order valence-electron chi connectivity index (χ0n) is 16.8. The van der Waals surface area contributed by atoms with Crippen molar-refractivity contribution in [2.45, 2.75) is 6.92 Å². The van der Waals surface area contributed by atoms with Gasteiger partial charge >= 0.3 is 0 Å². The van der Waals surface area contributed by atoms with Gasteiger partial charge in [-0.3, -0.25) is 0 Å². The van der Waals surface area contributed by atoms with Gasteiger partial charge in [-0.25, -0.2) is 4.98 Å². The lowest BCUT2D eigenvalue weighted by Gasteiger charge is -2.13. The van der Waals surface area contributed by atoms with Crippen molar-refractivity contribution >= 4 is 0 Å². The number of rotatable bonds is 5. The van der Waals surface area contributed by atoms with Gasteiger partial charge in [0.15, 0.2) is 11.5 Å². The lowest BCUT2D eigenvalue weighted by molar-refractivity contribution is 0.355. The summed E-state index contributed by atoms with van der Waals surface area (Å²) in [4.78, 5) is 4.95. The summed E-state index contributed by atoms with van der Waals surface area (Å²) in [5.74, 6) is 1.42. The van der Waals surface area contributed by atoms with E-state index in [1.807, 2.05) is 36.4 Å². The molecule has 0 saturated heterocycles. The summed E-state index contributed by atoms with van der Waals surface area (Å²) in [5.41, 5.74) is 7.42. The topological polar surface area (TPSA) is 31.4 Å². The predicted octanol–water partition coefficient (Wildman–Crippen LogP) is 6.41. The minimum absolute atomic E-state index is 0.708. The second kappa shape index (κ2) is 8.19. The Bertz CT molecular complexity index is 1120. The first-order valence-electron chi connectivity index (χ1n) is 9.55. The quantitative estimate of drug-likeness (QED) is 0.400. The summed E-state index contributed by atoms with van der Waals surface area (Å²) in [5, 5.41) is 0. The van der Waals surface area contributed by atoms with Crippen molar-refractivity contribution in [1.29, 1.82) is 0 Å². The molecule has 4 rings (SSSR count). The van der Waals surface area contributed by atoms with Gasteiger partial charge in [0.2, 0.25) is 0 Å². The van der Waals surface area contributed by atoms with Gasteiger partial charge < -0.3 is 9.47 Å². The number of aryl methyl sites for hydroxylation is 1. The third kappa shape index (κ3) is 3.99. The molecule has 0 atom stereocenters. The third-order valence-corrected chi connectivity index (χ3v) is 4.96. The van der Waals surface area contributed by atoms with Gasteiger partial charge in [0.25, 0.3) is 0 Å². The molecule has 29 heavy (non-hydrogen) atoms. The minimum Gasteiger partial charge on any atom is -0.493 e. The van der Waals surface area contributed by atoms with Gasteiger partial charge in [0, 0.05) is 11.1 Å². The summed E-state index contributed by atoms with van der Waals surface area (Å²) in [6.45, 7) is 2.09. The lowest BCUT2D eigenvalue weighted by atomic mass is 9.99. The first-order chi connectivity index (χ1) is 14.2. The second-order valence-electron chi connectivity index (χ2n) is 6.93. The van der Waals surface area contributed by atoms with E-state index < -0.39 is 0 Å². The van der Waals surface area contributed by atoms with E-state index in [9.17, 15) is 0 Å². The van der Waals surface area contributed by atoms with E-state index in [1.54, 1.807) is 14.2 Å². The summed E-state index contributed by atoms with van der Waals surface area (Å²) in [6.07, 6.45) is 0. The van der Waals surface area contributed by atoms with Crippen LogP contribution in [0, 0.1) is 6.92 Å². The number of aromatic nitrogens is 1. The van der Waals surface area contributed by atoms with Crippen LogP contribution in [0.4, 0.5) is 0 Å². The fraction of sp³-hybridized carbons (Fsp3) is 0.115. The fourth-order valence-corrected chi connectivity index (χ4v) is 3.34. The van der Waals surface area contributed by atoms with E-state index in [0.29, 0.717) is 11.5 Å². The number of nitrogens with zero attached hydrogens (tertiary/aromatic N) is 1. The Morgan fingerprint density at radius 3 is 1.76 bits per heavy atom. The summed E-state index contributed by atoms with van der Waals surface area (Å²) < 4.78 is 10.9. The van der Waals surface area contributed by atoms with E-state index in [4.69, 9.17) is 14.5 Å². The highest BCUT2D eigenvalue weighted by atomic mass is 16.5. The maximum Gasteiger partial charge on any atom is 0.161 e. The Morgan fingerprint density at radius 2 is 1.14 bits per heavy atom. The molecule has 0 saturated carbocycles. The molecule has 0 unspecified atom stereocenters. The molecule has 0 aliphatic carbocycles. The van der Waals surface area contributed by atoms with E-state index in [1.165, 1.54) is 5.56 Å². The van der Waals surface area contributed by atoms with Crippen LogP contribution in [-0.2, 0) is 0 Å². The molecule has 4 aromatic rings. The molecular weight excluding hydrogens is 358 g/mol. The number of ether oxygens (including phenoxy) is 2. The molecule has 0 N–H and O–H groups in total. The van der Waals surface area contributed by atoms with Gasteiger partial charge in [-0.05, 0) is 42.3 Å². The SMILES string of the molecule is COc1ccc(-c2cc(-c3ccccc3)nc(-c3ccc(C)cc3)c2)cc1OC. The van der Waals surface area contributed by atoms with Crippen LogP contribution in [-0.4, -0.2) is 19.2 Å². The Balaban J connectivity index is 1.89. The largest absolute Gasteiger partial charge is 0.493 e. The van der Waals surface area contributed by atoms with E-state index in [-0.39, 0.29) is 0 Å². The lowest BCUT2D eigenvalue weighted by Crippen LogP contribution is -1.93. The van der Waals surface area contributed by atoms with Gasteiger partial charge in [0.1, 0.15) is 0 Å². The van der Waals surface area contributed by atoms with Crippen LogP contribution >= 0.6 is 0 Å². The van der Waals surface area contributed by atoms with E-state index in [2.05, 4.69) is 55.5 Å². The van der Waals surface area contributed by atoms with E-state index in [0.717, 1.165) is 33.6 Å². The molecule has 0 bridgehead atoms. The minimum atomic E-state index is 0.708. The van der Waals surface area contributed by atoms with E-state index >= 15 is 0 Å². The zero-order valence-corrected chi connectivity index (χ0v) is 16.8. The summed E-state index contributed by atoms with van der Waals surface area (Å²) >= 11 is 0.